The molecule has 5 heterocycles. The lowest BCUT2D eigenvalue weighted by Gasteiger charge is -2.34. The van der Waals surface area contributed by atoms with E-state index in [1.807, 2.05) is 47.8 Å². The number of anilines is 2. The van der Waals surface area contributed by atoms with Gasteiger partial charge in [0.1, 0.15) is 10.4 Å². The van der Waals surface area contributed by atoms with E-state index in [-0.39, 0.29) is 5.57 Å². The van der Waals surface area contributed by atoms with E-state index in [2.05, 4.69) is 59.0 Å². The van der Waals surface area contributed by atoms with E-state index in [4.69, 9.17) is 0 Å². The summed E-state index contributed by atoms with van der Waals surface area (Å²) in [5.74, 6) is -1.30. The molecule has 4 amide bonds. The maximum Gasteiger partial charge on any atom is 0.343 e. The number of fused-ring (bicyclic) bond motifs is 9. The lowest BCUT2D eigenvalue weighted by atomic mass is 10.00. The van der Waals surface area contributed by atoms with Crippen molar-refractivity contribution in [1.82, 2.24) is 4.40 Å². The molecule has 8 heteroatoms. The molecule has 51 heavy (non-hydrogen) atoms. The van der Waals surface area contributed by atoms with Gasteiger partial charge in [-0.2, -0.15) is 0 Å². The summed E-state index contributed by atoms with van der Waals surface area (Å²) in [5, 5.41) is 10.8. The zero-order valence-corrected chi connectivity index (χ0v) is 28.3. The molecule has 1 fully saturated rings. The minimum Gasteiger partial charge on any atom is -0.299 e. The predicted octanol–water partition coefficient (Wildman–Crippen LogP) is 11.0. The van der Waals surface area contributed by atoms with Gasteiger partial charge in [0.15, 0.2) is 0 Å². The number of rotatable bonds is 3. The summed E-state index contributed by atoms with van der Waals surface area (Å²) in [7, 11) is 0. The highest BCUT2D eigenvalue weighted by Crippen LogP contribution is 2.49. The Morgan fingerprint density at radius 2 is 1.25 bits per heavy atom. The summed E-state index contributed by atoms with van der Waals surface area (Å²) < 4.78 is 4.49. The van der Waals surface area contributed by atoms with Gasteiger partial charge in [-0.05, 0) is 46.5 Å². The predicted molar refractivity (Wildman–Crippen MR) is 211 cm³/mol. The van der Waals surface area contributed by atoms with Gasteiger partial charge >= 0.3 is 6.03 Å². The van der Waals surface area contributed by atoms with Crippen LogP contribution in [-0.2, 0) is 9.59 Å². The number of carbonyl (C=O) groups excluding carboxylic acids is 3. The van der Waals surface area contributed by atoms with Crippen LogP contribution in [-0.4, -0.2) is 22.2 Å². The van der Waals surface area contributed by atoms with Crippen molar-refractivity contribution in [3.8, 4) is 0 Å². The number of benzene rings is 6. The minimum atomic E-state index is -0.707. The number of urea groups is 1. The number of aromatic nitrogens is 1. The zero-order chi connectivity index (χ0) is 34.0. The summed E-state index contributed by atoms with van der Waals surface area (Å²) in [6.07, 6.45) is 1.68. The Balaban J connectivity index is 1.18. The summed E-state index contributed by atoms with van der Waals surface area (Å²) in [5.41, 5.74) is 3.87. The van der Waals surface area contributed by atoms with E-state index in [9.17, 15) is 14.4 Å². The third-order valence-electron chi connectivity index (χ3n) is 10.1. The summed E-state index contributed by atoms with van der Waals surface area (Å²) in [6.45, 7) is 0. The molecule has 0 saturated carbocycles. The smallest absolute Gasteiger partial charge is 0.299 e. The molecule has 0 N–H and O–H groups in total. The van der Waals surface area contributed by atoms with Gasteiger partial charge < -0.3 is 0 Å². The molecule has 1 aliphatic heterocycles. The molecule has 0 spiro atoms. The third kappa shape index (κ3) is 3.77. The third-order valence-corrected chi connectivity index (χ3v) is 12.5. The molecule has 0 unspecified atom stereocenters. The van der Waals surface area contributed by atoms with Crippen LogP contribution >= 0.6 is 22.7 Å². The molecule has 6 nitrogen and oxygen atoms in total. The Morgan fingerprint density at radius 1 is 0.549 bits per heavy atom. The van der Waals surface area contributed by atoms with Crippen molar-refractivity contribution in [3.63, 3.8) is 0 Å². The molecule has 1 saturated heterocycles. The van der Waals surface area contributed by atoms with Crippen LogP contribution in [0.2, 0.25) is 0 Å². The summed E-state index contributed by atoms with van der Waals surface area (Å²) in [6, 6.07) is 40.7. The van der Waals surface area contributed by atoms with Gasteiger partial charge in [-0.15, -0.1) is 22.7 Å². The first-order valence-electron chi connectivity index (χ1n) is 16.6. The second-order valence-corrected chi connectivity index (χ2v) is 14.7. The molecule has 0 bridgehead atoms. The SMILES string of the molecule is O=C1/C(=C\c2csc3c2sc2c3c3cccc4ccc5c6ccccc6n2c5c43)C(=O)N(c2cccc3ccccc23)C(=O)N1c1ccccc1. The number of pyridine rings is 1. The summed E-state index contributed by atoms with van der Waals surface area (Å²) >= 11 is 3.29. The molecule has 11 rings (SSSR count). The van der Waals surface area contributed by atoms with E-state index in [0.717, 1.165) is 51.3 Å². The van der Waals surface area contributed by atoms with Crippen molar-refractivity contribution in [2.75, 3.05) is 9.80 Å². The average molecular weight is 694 g/mol. The maximum atomic E-state index is 14.5. The van der Waals surface area contributed by atoms with Crippen LogP contribution in [0.25, 0.3) is 74.4 Å². The van der Waals surface area contributed by atoms with E-state index >= 15 is 0 Å². The number of imide groups is 2. The highest BCUT2D eigenvalue weighted by atomic mass is 32.1. The van der Waals surface area contributed by atoms with Crippen LogP contribution in [0.15, 0.2) is 138 Å². The molecule has 10 aromatic rings. The highest BCUT2D eigenvalue weighted by Gasteiger charge is 2.44. The van der Waals surface area contributed by atoms with Crippen molar-refractivity contribution in [1.29, 1.82) is 0 Å². The van der Waals surface area contributed by atoms with E-state index in [0.29, 0.717) is 11.4 Å². The van der Waals surface area contributed by atoms with Gasteiger partial charge in [0, 0.05) is 37.9 Å². The normalized spacial score (nSPS) is 15.1. The Kier molecular flexibility index (Phi) is 5.77. The van der Waals surface area contributed by atoms with Gasteiger partial charge in [0.05, 0.1) is 31.8 Å². The van der Waals surface area contributed by atoms with Gasteiger partial charge in [-0.3, -0.25) is 14.0 Å². The number of amides is 4. The van der Waals surface area contributed by atoms with Crippen LogP contribution < -0.4 is 9.80 Å². The topological polar surface area (TPSA) is 62.1 Å². The monoisotopic (exact) mass is 693 g/mol. The summed E-state index contributed by atoms with van der Waals surface area (Å²) in [4.78, 5) is 46.5. The van der Waals surface area contributed by atoms with Crippen molar-refractivity contribution < 1.29 is 14.4 Å². The first-order chi connectivity index (χ1) is 25.1. The van der Waals surface area contributed by atoms with Crippen LogP contribution in [0.1, 0.15) is 5.56 Å². The fraction of sp³-hybridized carbons (Fsp3) is 0. The van der Waals surface area contributed by atoms with Crippen LogP contribution in [0, 0.1) is 0 Å². The highest BCUT2D eigenvalue weighted by molar-refractivity contribution is 7.32. The van der Waals surface area contributed by atoms with Gasteiger partial charge in [0.2, 0.25) is 0 Å². The second kappa shape index (κ2) is 10.3. The molecule has 4 aromatic heterocycles. The van der Waals surface area contributed by atoms with Gasteiger partial charge in [0.25, 0.3) is 11.8 Å². The first-order valence-corrected chi connectivity index (χ1v) is 18.2. The number of hydrogen-bond acceptors (Lipinski definition) is 5. The standard InChI is InChI=1S/C43H23N3O3S2/c47-40-32(41(48)46(43(49)44(40)27-13-2-1-3-14-27)33-19-9-11-24-10-4-5-15-28(24)33)22-26-23-50-39-36-31-17-8-12-25-20-21-30-29-16-6-7-18-34(29)45(37(30)35(25)31)42(36)51-38(26)39/h1-23H/b32-22+. The zero-order valence-electron chi connectivity index (χ0n) is 26.7. The van der Waals surface area contributed by atoms with Crippen molar-refractivity contribution >= 4 is 126 Å². The van der Waals surface area contributed by atoms with Crippen LogP contribution in [0.4, 0.5) is 16.2 Å². The van der Waals surface area contributed by atoms with E-state index < -0.39 is 17.8 Å². The molecule has 0 atom stereocenters. The van der Waals surface area contributed by atoms with Crippen molar-refractivity contribution in [2.45, 2.75) is 0 Å². The largest absolute Gasteiger partial charge is 0.343 e. The number of nitrogens with zero attached hydrogens (tertiary/aromatic N) is 3. The molecular formula is C43H23N3O3S2. The van der Waals surface area contributed by atoms with Crippen LogP contribution in [0.5, 0.6) is 0 Å². The van der Waals surface area contributed by atoms with Crippen molar-refractivity contribution in [3.05, 3.63) is 144 Å². The molecule has 1 aliphatic rings. The quantitative estimate of drug-likeness (QED) is 0.137. The molecule has 6 aromatic carbocycles. The fourth-order valence-electron chi connectivity index (χ4n) is 7.93. The molecule has 0 aliphatic carbocycles. The first kappa shape index (κ1) is 28.5. The lowest BCUT2D eigenvalue weighted by molar-refractivity contribution is -0.121. The van der Waals surface area contributed by atoms with Crippen LogP contribution in [0.3, 0.4) is 0 Å². The van der Waals surface area contributed by atoms with Crippen molar-refractivity contribution in [2.24, 2.45) is 0 Å². The number of thiophene rings is 2. The average Bonchev–Trinajstić information content (AvgIpc) is 3.84. The Labute approximate surface area is 297 Å². The minimum absolute atomic E-state index is 0.0725. The van der Waals surface area contributed by atoms with Gasteiger partial charge in [-0.25, -0.2) is 14.6 Å². The Bertz CT molecular complexity index is 3160. The fourth-order valence-corrected chi connectivity index (χ4v) is 10.5. The van der Waals surface area contributed by atoms with E-state index in [1.165, 1.54) is 32.4 Å². The van der Waals surface area contributed by atoms with Gasteiger partial charge in [-0.1, -0.05) is 103 Å². The molecule has 240 valence electrons. The Hall–Kier alpha value is -6.35. The second-order valence-electron chi connectivity index (χ2n) is 12.8. The number of hydrogen-bond donors (Lipinski definition) is 0. The maximum absolute atomic E-state index is 14.5. The number of para-hydroxylation sites is 2. The Morgan fingerprint density at radius 3 is 2.14 bits per heavy atom. The number of barbiturate groups is 1. The number of carbonyl (C=O) groups is 3. The lowest BCUT2D eigenvalue weighted by Crippen LogP contribution is -2.57. The van der Waals surface area contributed by atoms with E-state index in [1.54, 1.807) is 59.1 Å². The molecular weight excluding hydrogens is 671 g/mol. The molecule has 0 radical (unpaired) electrons.